The van der Waals surface area contributed by atoms with E-state index in [2.05, 4.69) is 4.90 Å². The summed E-state index contributed by atoms with van der Waals surface area (Å²) < 4.78 is 13.9. The van der Waals surface area contributed by atoms with Crippen LogP contribution in [0, 0.1) is 12.7 Å². The molecule has 1 heterocycles. The van der Waals surface area contributed by atoms with Gasteiger partial charge in [0.15, 0.2) is 0 Å². The van der Waals surface area contributed by atoms with Crippen molar-refractivity contribution in [1.29, 1.82) is 0 Å². The van der Waals surface area contributed by atoms with E-state index in [4.69, 9.17) is 0 Å². The zero-order valence-corrected chi connectivity index (χ0v) is 12.6. The van der Waals surface area contributed by atoms with E-state index in [-0.39, 0.29) is 11.5 Å². The molecule has 1 aromatic carbocycles. The summed E-state index contributed by atoms with van der Waals surface area (Å²) in [5.74, 6) is -0.572. The van der Waals surface area contributed by atoms with Gasteiger partial charge >= 0.3 is 0 Å². The monoisotopic (exact) mass is 290 g/mol. The highest BCUT2D eigenvalue weighted by atomic mass is 19.1. The highest BCUT2D eigenvalue weighted by Crippen LogP contribution is 2.24. The Bertz CT molecular complexity index is 518. The lowest BCUT2D eigenvalue weighted by Crippen LogP contribution is -2.51. The van der Waals surface area contributed by atoms with E-state index in [0.29, 0.717) is 19.1 Å². The van der Waals surface area contributed by atoms with Gasteiger partial charge in [-0.15, -0.1) is 0 Å². The molecule has 21 heavy (non-hydrogen) atoms. The molecule has 4 heteroatoms. The Balaban J connectivity index is 1.62. The summed E-state index contributed by atoms with van der Waals surface area (Å²) in [6.45, 7) is 5.09. The lowest BCUT2D eigenvalue weighted by atomic mass is 10.1. The SMILES string of the molecule is Cc1ccc(C(=O)N2CCN(C3CCCC3)CC2)c(F)c1. The lowest BCUT2D eigenvalue weighted by molar-refractivity contribution is 0.0569. The lowest BCUT2D eigenvalue weighted by Gasteiger charge is -2.38. The van der Waals surface area contributed by atoms with E-state index in [9.17, 15) is 9.18 Å². The van der Waals surface area contributed by atoms with Crippen LogP contribution in [-0.4, -0.2) is 47.9 Å². The van der Waals surface area contributed by atoms with Crippen LogP contribution in [0.3, 0.4) is 0 Å². The molecule has 114 valence electrons. The Hall–Kier alpha value is -1.42. The fraction of sp³-hybridized carbons (Fsp3) is 0.588. The second kappa shape index (κ2) is 6.14. The maximum atomic E-state index is 13.9. The van der Waals surface area contributed by atoms with Crippen LogP contribution in [0.2, 0.25) is 0 Å². The van der Waals surface area contributed by atoms with Crippen LogP contribution in [0.15, 0.2) is 18.2 Å². The van der Waals surface area contributed by atoms with Crippen molar-refractivity contribution >= 4 is 5.91 Å². The molecule has 0 unspecified atom stereocenters. The third-order valence-corrected chi connectivity index (χ3v) is 4.80. The van der Waals surface area contributed by atoms with Gasteiger partial charge in [-0.05, 0) is 37.5 Å². The van der Waals surface area contributed by atoms with Crippen molar-refractivity contribution in [2.24, 2.45) is 0 Å². The van der Waals surface area contributed by atoms with E-state index in [0.717, 1.165) is 18.7 Å². The van der Waals surface area contributed by atoms with Gasteiger partial charge in [-0.1, -0.05) is 18.9 Å². The van der Waals surface area contributed by atoms with E-state index < -0.39 is 5.82 Å². The summed E-state index contributed by atoms with van der Waals surface area (Å²) in [7, 11) is 0. The maximum Gasteiger partial charge on any atom is 0.256 e. The van der Waals surface area contributed by atoms with Crippen molar-refractivity contribution in [1.82, 2.24) is 9.80 Å². The number of rotatable bonds is 2. The zero-order chi connectivity index (χ0) is 14.8. The standard InChI is InChI=1S/C17H23FN2O/c1-13-6-7-15(16(18)12-13)17(21)20-10-8-19(9-11-20)14-4-2-3-5-14/h6-7,12,14H,2-5,8-11H2,1H3. The van der Waals surface area contributed by atoms with Crippen molar-refractivity contribution in [3.8, 4) is 0 Å². The van der Waals surface area contributed by atoms with Crippen molar-refractivity contribution < 1.29 is 9.18 Å². The van der Waals surface area contributed by atoms with Gasteiger partial charge in [-0.25, -0.2) is 4.39 Å². The quantitative estimate of drug-likeness (QED) is 0.836. The van der Waals surface area contributed by atoms with E-state index in [1.54, 1.807) is 17.0 Å². The molecule has 0 radical (unpaired) electrons. The Morgan fingerprint density at radius 1 is 1.14 bits per heavy atom. The molecule has 2 fully saturated rings. The average Bonchev–Trinajstić information content (AvgIpc) is 3.01. The van der Waals surface area contributed by atoms with Crippen LogP contribution in [0.4, 0.5) is 4.39 Å². The molecule has 3 rings (SSSR count). The summed E-state index contributed by atoms with van der Waals surface area (Å²) in [6, 6.07) is 5.54. The van der Waals surface area contributed by atoms with Crippen molar-refractivity contribution in [2.45, 2.75) is 38.6 Å². The molecule has 3 nitrogen and oxygen atoms in total. The fourth-order valence-electron chi connectivity index (χ4n) is 3.52. The molecule has 1 aromatic rings. The van der Waals surface area contributed by atoms with Gasteiger partial charge in [0, 0.05) is 32.2 Å². The second-order valence-corrected chi connectivity index (χ2v) is 6.25. The highest BCUT2D eigenvalue weighted by molar-refractivity contribution is 5.94. The number of carbonyl (C=O) groups is 1. The second-order valence-electron chi connectivity index (χ2n) is 6.25. The number of hydrogen-bond donors (Lipinski definition) is 0. The summed E-state index contributed by atoms with van der Waals surface area (Å²) in [5.41, 5.74) is 1.05. The smallest absolute Gasteiger partial charge is 0.256 e. The molecule has 2 aliphatic rings. The molecule has 1 saturated carbocycles. The predicted octanol–water partition coefficient (Wildman–Crippen LogP) is 2.83. The topological polar surface area (TPSA) is 23.6 Å². The van der Waals surface area contributed by atoms with Gasteiger partial charge in [0.1, 0.15) is 5.82 Å². The summed E-state index contributed by atoms with van der Waals surface area (Å²) in [5, 5.41) is 0. The minimum atomic E-state index is -0.404. The van der Waals surface area contributed by atoms with Gasteiger partial charge < -0.3 is 4.90 Å². The fourth-order valence-corrected chi connectivity index (χ4v) is 3.52. The van der Waals surface area contributed by atoms with Gasteiger partial charge in [0.05, 0.1) is 5.56 Å². The van der Waals surface area contributed by atoms with E-state index in [1.807, 2.05) is 6.92 Å². The Morgan fingerprint density at radius 2 is 1.81 bits per heavy atom. The van der Waals surface area contributed by atoms with Crippen molar-refractivity contribution in [3.05, 3.63) is 35.1 Å². The number of benzene rings is 1. The summed E-state index contributed by atoms with van der Waals surface area (Å²) in [4.78, 5) is 16.7. The minimum Gasteiger partial charge on any atom is -0.336 e. The van der Waals surface area contributed by atoms with Gasteiger partial charge in [0.2, 0.25) is 0 Å². The first-order chi connectivity index (χ1) is 10.1. The maximum absolute atomic E-state index is 13.9. The highest BCUT2D eigenvalue weighted by Gasteiger charge is 2.28. The number of nitrogens with zero attached hydrogens (tertiary/aromatic N) is 2. The van der Waals surface area contributed by atoms with Crippen LogP contribution in [0.1, 0.15) is 41.6 Å². The van der Waals surface area contributed by atoms with Crippen LogP contribution >= 0.6 is 0 Å². The minimum absolute atomic E-state index is 0.168. The molecule has 1 amide bonds. The van der Waals surface area contributed by atoms with Gasteiger partial charge in [0.25, 0.3) is 5.91 Å². The number of aryl methyl sites for hydroxylation is 1. The molecule has 1 saturated heterocycles. The molecule has 0 spiro atoms. The molecular formula is C17H23FN2O. The average molecular weight is 290 g/mol. The summed E-state index contributed by atoms with van der Waals surface area (Å²) >= 11 is 0. The Labute approximate surface area is 125 Å². The molecule has 0 aromatic heterocycles. The van der Waals surface area contributed by atoms with E-state index in [1.165, 1.54) is 31.7 Å². The summed E-state index contributed by atoms with van der Waals surface area (Å²) in [6.07, 6.45) is 5.25. The van der Waals surface area contributed by atoms with Gasteiger partial charge in [-0.2, -0.15) is 0 Å². The van der Waals surface area contributed by atoms with Crippen molar-refractivity contribution in [2.75, 3.05) is 26.2 Å². The molecule has 1 aliphatic heterocycles. The van der Waals surface area contributed by atoms with Crippen LogP contribution in [-0.2, 0) is 0 Å². The van der Waals surface area contributed by atoms with Crippen molar-refractivity contribution in [3.63, 3.8) is 0 Å². The first-order valence-electron chi connectivity index (χ1n) is 7.94. The van der Waals surface area contributed by atoms with E-state index >= 15 is 0 Å². The number of halogens is 1. The largest absolute Gasteiger partial charge is 0.336 e. The number of piperazine rings is 1. The molecule has 1 aliphatic carbocycles. The first-order valence-corrected chi connectivity index (χ1v) is 7.94. The molecule has 0 bridgehead atoms. The zero-order valence-electron chi connectivity index (χ0n) is 12.6. The third kappa shape index (κ3) is 3.10. The molecule has 0 N–H and O–H groups in total. The predicted molar refractivity (Wildman–Crippen MR) is 80.9 cm³/mol. The normalized spacial score (nSPS) is 21.0. The van der Waals surface area contributed by atoms with Crippen LogP contribution in [0.25, 0.3) is 0 Å². The Kier molecular flexibility index (Phi) is 4.24. The molecule has 0 atom stereocenters. The first kappa shape index (κ1) is 14.5. The number of carbonyl (C=O) groups excluding carboxylic acids is 1. The number of amides is 1. The van der Waals surface area contributed by atoms with Gasteiger partial charge in [-0.3, -0.25) is 9.69 Å². The number of hydrogen-bond acceptors (Lipinski definition) is 2. The molecular weight excluding hydrogens is 267 g/mol. The third-order valence-electron chi connectivity index (χ3n) is 4.80. The Morgan fingerprint density at radius 3 is 2.43 bits per heavy atom. The van der Waals surface area contributed by atoms with Crippen LogP contribution in [0.5, 0.6) is 0 Å². The van der Waals surface area contributed by atoms with Crippen LogP contribution < -0.4 is 0 Å².